The summed E-state index contributed by atoms with van der Waals surface area (Å²) in [5, 5.41) is 7.53. The Morgan fingerprint density at radius 1 is 1.03 bits per heavy atom. The summed E-state index contributed by atoms with van der Waals surface area (Å²) < 4.78 is 15.2. The number of rotatable bonds is 14. The Morgan fingerprint density at radius 3 is 2.53 bits per heavy atom. The molecular weight excluding hydrogens is 443 g/mol. The number of halogens is 1. The van der Waals surface area contributed by atoms with Crippen LogP contribution in [-0.2, 0) is 21.0 Å². The van der Waals surface area contributed by atoms with Crippen LogP contribution in [0.4, 0.5) is 5.69 Å². The molecule has 0 radical (unpaired) electrons. The first-order chi connectivity index (χ1) is 15.6. The molecule has 1 aliphatic rings. The van der Waals surface area contributed by atoms with Crippen molar-refractivity contribution in [3.63, 3.8) is 0 Å². The largest absolute Gasteiger partial charge is 0.384 e. The van der Waals surface area contributed by atoms with Crippen LogP contribution in [0.15, 0.2) is 48.5 Å². The molecule has 1 saturated carbocycles. The lowest BCUT2D eigenvalue weighted by atomic mass is 9.75. The van der Waals surface area contributed by atoms with E-state index in [0.29, 0.717) is 18.4 Å². The fourth-order valence-electron chi connectivity index (χ4n) is 4.74. The lowest BCUT2D eigenvalue weighted by Gasteiger charge is -2.30. The van der Waals surface area contributed by atoms with E-state index in [1.165, 1.54) is 44.1 Å². The van der Waals surface area contributed by atoms with E-state index in [-0.39, 0.29) is 6.61 Å². The monoisotopic (exact) mass is 478 g/mol. The number of nitrogens with one attached hydrogen (secondary N) is 2. The van der Waals surface area contributed by atoms with E-state index in [0.717, 1.165) is 35.8 Å². The normalized spacial score (nSPS) is 16.2. The highest BCUT2D eigenvalue weighted by molar-refractivity contribution is 7.32. The summed E-state index contributed by atoms with van der Waals surface area (Å²) in [4.78, 5) is 8.63. The van der Waals surface area contributed by atoms with Crippen LogP contribution in [0.2, 0.25) is 5.02 Å². The molecule has 2 aromatic rings. The molecule has 0 saturated heterocycles. The number of anilines is 1. The molecule has 3 N–H and O–H groups in total. The first-order valence-electron chi connectivity index (χ1n) is 11.7. The highest BCUT2D eigenvalue weighted by Crippen LogP contribution is 2.44. The van der Waals surface area contributed by atoms with Gasteiger partial charge in [0.25, 0.3) is 0 Å². The van der Waals surface area contributed by atoms with Crippen molar-refractivity contribution in [3.05, 3.63) is 64.7 Å². The molecule has 0 amide bonds. The quantitative estimate of drug-likeness (QED) is 0.219. The third-order valence-corrected chi connectivity index (χ3v) is 7.19. The second-order valence-corrected chi connectivity index (χ2v) is 9.92. The second-order valence-electron chi connectivity index (χ2n) is 8.70. The Bertz CT molecular complexity index is 844. The van der Waals surface area contributed by atoms with Crippen molar-refractivity contribution in [1.29, 1.82) is 0 Å². The number of benzene rings is 2. The van der Waals surface area contributed by atoms with Crippen molar-refractivity contribution in [2.45, 2.75) is 63.3 Å². The van der Waals surface area contributed by atoms with E-state index >= 15 is 0 Å². The van der Waals surface area contributed by atoms with Gasteiger partial charge in [0.2, 0.25) is 0 Å². The zero-order valence-electron chi connectivity index (χ0n) is 18.7. The number of unbranched alkanes of at least 4 members (excludes halogenated alkanes) is 1. The first kappa shape index (κ1) is 25.3. The predicted molar refractivity (Wildman–Crippen MR) is 134 cm³/mol. The number of hydrogen-bond acceptors (Lipinski definition) is 4. The SMILES string of the molecule is O=[PH](O)OCCCNCc1ccc(NCCCCC2(c3ccccc3)CCCC2)c(Cl)c1. The summed E-state index contributed by atoms with van der Waals surface area (Å²) in [6, 6.07) is 17.2. The van der Waals surface area contributed by atoms with Crippen LogP contribution >= 0.6 is 19.9 Å². The van der Waals surface area contributed by atoms with Gasteiger partial charge in [0.15, 0.2) is 0 Å². The molecule has 0 spiro atoms. The van der Waals surface area contributed by atoms with Gasteiger partial charge >= 0.3 is 8.25 Å². The van der Waals surface area contributed by atoms with Gasteiger partial charge in [-0.3, -0.25) is 4.57 Å². The van der Waals surface area contributed by atoms with Crippen molar-refractivity contribution in [3.8, 4) is 0 Å². The molecule has 1 aliphatic carbocycles. The average Bonchev–Trinajstić information content (AvgIpc) is 3.28. The molecule has 7 heteroatoms. The second kappa shape index (κ2) is 13.4. The topological polar surface area (TPSA) is 70.6 Å². The van der Waals surface area contributed by atoms with Gasteiger partial charge in [0.1, 0.15) is 0 Å². The summed E-state index contributed by atoms with van der Waals surface area (Å²) >= 11 is 6.48. The maximum Gasteiger partial charge on any atom is 0.316 e. The third kappa shape index (κ3) is 7.90. The summed E-state index contributed by atoms with van der Waals surface area (Å²) in [6.45, 7) is 2.64. The van der Waals surface area contributed by atoms with Crippen molar-refractivity contribution in [1.82, 2.24) is 5.32 Å². The Morgan fingerprint density at radius 2 is 1.81 bits per heavy atom. The van der Waals surface area contributed by atoms with Crippen molar-refractivity contribution in [2.75, 3.05) is 25.0 Å². The molecule has 176 valence electrons. The van der Waals surface area contributed by atoms with Crippen LogP contribution in [0.3, 0.4) is 0 Å². The average molecular weight is 479 g/mol. The van der Waals surface area contributed by atoms with Crippen LogP contribution in [0.5, 0.6) is 0 Å². The Labute approximate surface area is 197 Å². The zero-order chi connectivity index (χ0) is 22.7. The minimum absolute atomic E-state index is 0.289. The highest BCUT2D eigenvalue weighted by atomic mass is 35.5. The van der Waals surface area contributed by atoms with Gasteiger partial charge in [0, 0.05) is 13.1 Å². The van der Waals surface area contributed by atoms with Crippen LogP contribution in [0.25, 0.3) is 0 Å². The van der Waals surface area contributed by atoms with Crippen LogP contribution in [-0.4, -0.2) is 24.6 Å². The van der Waals surface area contributed by atoms with E-state index in [4.69, 9.17) is 16.5 Å². The van der Waals surface area contributed by atoms with Crippen molar-refractivity contribution < 1.29 is 14.0 Å². The Balaban J connectivity index is 1.36. The molecular formula is C25H36ClN2O3P. The molecule has 32 heavy (non-hydrogen) atoms. The van der Waals surface area contributed by atoms with Crippen molar-refractivity contribution >= 4 is 25.5 Å². The van der Waals surface area contributed by atoms with E-state index in [1.54, 1.807) is 0 Å². The van der Waals surface area contributed by atoms with Gasteiger partial charge in [-0.05, 0) is 67.3 Å². The number of hydrogen-bond donors (Lipinski definition) is 3. The smallest absolute Gasteiger partial charge is 0.316 e. The lowest BCUT2D eigenvalue weighted by molar-refractivity contribution is 0.276. The maximum absolute atomic E-state index is 10.5. The standard InChI is InChI=1S/C25H36ClN2O3P/c26-23-19-21(20-27-16-8-18-31-32(29)30)11-12-24(23)28-17-7-6-15-25(13-4-5-14-25)22-9-2-1-3-10-22/h1-3,9-12,19,27-28,32H,4-8,13-18,20H2,(H,29,30). The molecule has 1 unspecified atom stereocenters. The van der Waals surface area contributed by atoms with Gasteiger partial charge in [-0.2, -0.15) is 0 Å². The molecule has 0 heterocycles. The van der Waals surface area contributed by atoms with Crippen LogP contribution < -0.4 is 10.6 Å². The predicted octanol–water partition coefficient (Wildman–Crippen LogP) is 6.31. The summed E-state index contributed by atoms with van der Waals surface area (Å²) in [7, 11) is -2.82. The molecule has 0 bridgehead atoms. The minimum Gasteiger partial charge on any atom is -0.384 e. The molecule has 3 rings (SSSR count). The Hall–Kier alpha value is -1.36. The van der Waals surface area contributed by atoms with Gasteiger partial charge in [-0.15, -0.1) is 0 Å². The minimum atomic E-state index is -2.82. The van der Waals surface area contributed by atoms with E-state index in [2.05, 4.69) is 51.6 Å². The van der Waals surface area contributed by atoms with Gasteiger partial charge in [-0.25, -0.2) is 0 Å². The summed E-state index contributed by atoms with van der Waals surface area (Å²) in [5.74, 6) is 0. The summed E-state index contributed by atoms with van der Waals surface area (Å²) in [5.41, 5.74) is 4.00. The summed E-state index contributed by atoms with van der Waals surface area (Å²) in [6.07, 6.45) is 9.64. The zero-order valence-corrected chi connectivity index (χ0v) is 20.5. The highest BCUT2D eigenvalue weighted by Gasteiger charge is 2.34. The van der Waals surface area contributed by atoms with Gasteiger partial charge in [0.05, 0.1) is 17.3 Å². The molecule has 0 aliphatic heterocycles. The first-order valence-corrected chi connectivity index (χ1v) is 13.4. The van der Waals surface area contributed by atoms with Crippen LogP contribution in [0.1, 0.15) is 62.5 Å². The third-order valence-electron chi connectivity index (χ3n) is 6.43. The van der Waals surface area contributed by atoms with Crippen LogP contribution in [0, 0.1) is 0 Å². The molecule has 1 atom stereocenters. The molecule has 0 aromatic heterocycles. The lowest BCUT2D eigenvalue weighted by Crippen LogP contribution is -2.22. The molecule has 5 nitrogen and oxygen atoms in total. The molecule has 1 fully saturated rings. The van der Waals surface area contributed by atoms with Crippen molar-refractivity contribution in [2.24, 2.45) is 0 Å². The fraction of sp³-hybridized carbons (Fsp3) is 0.520. The van der Waals surface area contributed by atoms with Gasteiger partial charge in [-0.1, -0.05) is 67.3 Å². The van der Waals surface area contributed by atoms with E-state index < -0.39 is 8.25 Å². The maximum atomic E-state index is 10.5. The van der Waals surface area contributed by atoms with E-state index in [1.807, 2.05) is 12.1 Å². The fourth-order valence-corrected chi connectivity index (χ4v) is 5.33. The van der Waals surface area contributed by atoms with Gasteiger partial charge < -0.3 is 20.1 Å². The van der Waals surface area contributed by atoms with E-state index in [9.17, 15) is 4.57 Å². The Kier molecular flexibility index (Phi) is 10.6. The molecule has 2 aromatic carbocycles.